The van der Waals surface area contributed by atoms with Crippen LogP contribution < -0.4 is 19.1 Å². The number of amides is 1. The summed E-state index contributed by atoms with van der Waals surface area (Å²) in [6.07, 6.45) is 0.814. The summed E-state index contributed by atoms with van der Waals surface area (Å²) in [5.41, 5.74) is 0.793. The van der Waals surface area contributed by atoms with Gasteiger partial charge in [0, 0.05) is 12.6 Å². The van der Waals surface area contributed by atoms with Crippen molar-refractivity contribution in [3.63, 3.8) is 0 Å². The molecule has 1 aliphatic heterocycles. The van der Waals surface area contributed by atoms with E-state index in [0.29, 0.717) is 29.4 Å². The Labute approximate surface area is 152 Å². The van der Waals surface area contributed by atoms with Gasteiger partial charge in [0.15, 0.2) is 11.5 Å². The first-order valence-corrected chi connectivity index (χ1v) is 9.90. The van der Waals surface area contributed by atoms with E-state index in [0.717, 1.165) is 10.6 Å². The molecule has 0 aliphatic carbocycles. The average Bonchev–Trinajstić information content (AvgIpc) is 2.64. The standard InChI is InChI=1S/C18H20N2O5S/c1-20(26(2,22)23)14-7-5-6-13(10-14)18(21)19-11-15-12-24-16-8-3-4-9-17(16)25-15/h3-10,15H,11-12H2,1-2H3,(H,19,21)/t15-/m1/s1. The van der Waals surface area contributed by atoms with E-state index in [-0.39, 0.29) is 18.6 Å². The number of nitrogens with zero attached hydrogens (tertiary/aromatic N) is 1. The maximum absolute atomic E-state index is 12.4. The number of benzene rings is 2. The van der Waals surface area contributed by atoms with Crippen LogP contribution in [0.15, 0.2) is 48.5 Å². The number of para-hydroxylation sites is 2. The van der Waals surface area contributed by atoms with Gasteiger partial charge in [-0.3, -0.25) is 9.10 Å². The fraction of sp³-hybridized carbons (Fsp3) is 0.278. The molecule has 0 fully saturated rings. The molecule has 3 rings (SSSR count). The van der Waals surface area contributed by atoms with Gasteiger partial charge in [-0.25, -0.2) is 8.42 Å². The lowest BCUT2D eigenvalue weighted by Gasteiger charge is -2.26. The Morgan fingerprint density at radius 2 is 1.92 bits per heavy atom. The molecule has 1 N–H and O–H groups in total. The zero-order valence-electron chi connectivity index (χ0n) is 14.5. The summed E-state index contributed by atoms with van der Waals surface area (Å²) < 4.78 is 35.8. The Morgan fingerprint density at radius 1 is 1.19 bits per heavy atom. The highest BCUT2D eigenvalue weighted by Crippen LogP contribution is 2.30. The Hall–Kier alpha value is -2.74. The first-order valence-electron chi connectivity index (χ1n) is 8.05. The second-order valence-corrected chi connectivity index (χ2v) is 8.00. The lowest BCUT2D eigenvalue weighted by molar-refractivity contribution is 0.0789. The van der Waals surface area contributed by atoms with Crippen molar-refractivity contribution in [1.82, 2.24) is 5.32 Å². The second kappa shape index (κ2) is 7.25. The summed E-state index contributed by atoms with van der Waals surface area (Å²) in [7, 11) is -1.95. The molecule has 0 aromatic heterocycles. The summed E-state index contributed by atoms with van der Waals surface area (Å²) in [5, 5.41) is 2.79. The molecule has 1 amide bonds. The Morgan fingerprint density at radius 3 is 2.65 bits per heavy atom. The predicted octanol–water partition coefficient (Wildman–Crippen LogP) is 1.65. The van der Waals surface area contributed by atoms with Gasteiger partial charge in [0.2, 0.25) is 10.0 Å². The highest BCUT2D eigenvalue weighted by molar-refractivity contribution is 7.92. The molecule has 0 radical (unpaired) electrons. The van der Waals surface area contributed by atoms with Gasteiger partial charge in [0.1, 0.15) is 12.7 Å². The molecule has 138 valence electrons. The fourth-order valence-corrected chi connectivity index (χ4v) is 3.00. The number of rotatable bonds is 5. The third-order valence-corrected chi connectivity index (χ3v) is 5.23. The zero-order chi connectivity index (χ0) is 18.7. The van der Waals surface area contributed by atoms with E-state index in [1.54, 1.807) is 18.2 Å². The average molecular weight is 376 g/mol. The third kappa shape index (κ3) is 4.08. The van der Waals surface area contributed by atoms with E-state index in [4.69, 9.17) is 9.47 Å². The maximum Gasteiger partial charge on any atom is 0.251 e. The van der Waals surface area contributed by atoms with Crippen LogP contribution in [0.3, 0.4) is 0 Å². The lowest BCUT2D eigenvalue weighted by atomic mass is 10.2. The fourth-order valence-electron chi connectivity index (χ4n) is 2.51. The van der Waals surface area contributed by atoms with E-state index in [2.05, 4.69) is 5.32 Å². The number of carbonyl (C=O) groups is 1. The summed E-state index contributed by atoms with van der Waals surface area (Å²) >= 11 is 0. The normalized spacial score (nSPS) is 16.0. The van der Waals surface area contributed by atoms with Gasteiger partial charge in [-0.15, -0.1) is 0 Å². The number of anilines is 1. The predicted molar refractivity (Wildman–Crippen MR) is 98.4 cm³/mol. The molecule has 1 heterocycles. The van der Waals surface area contributed by atoms with E-state index >= 15 is 0 Å². The number of ether oxygens (including phenoxy) is 2. The molecular formula is C18H20N2O5S. The molecule has 2 aromatic carbocycles. The SMILES string of the molecule is CN(c1cccc(C(=O)NC[C@@H]2COc3ccccc3O2)c1)S(C)(=O)=O. The number of fused-ring (bicyclic) bond motifs is 1. The second-order valence-electron chi connectivity index (χ2n) is 5.99. The quantitative estimate of drug-likeness (QED) is 0.858. The minimum atomic E-state index is -3.39. The molecule has 26 heavy (non-hydrogen) atoms. The van der Waals surface area contributed by atoms with Gasteiger partial charge in [-0.05, 0) is 30.3 Å². The van der Waals surface area contributed by atoms with Crippen molar-refractivity contribution < 1.29 is 22.7 Å². The van der Waals surface area contributed by atoms with Crippen molar-refractivity contribution in [2.75, 3.05) is 30.8 Å². The largest absolute Gasteiger partial charge is 0.486 e. The van der Waals surface area contributed by atoms with Crippen LogP contribution in [-0.2, 0) is 10.0 Å². The molecule has 0 bridgehead atoms. The number of nitrogens with one attached hydrogen (secondary N) is 1. The van der Waals surface area contributed by atoms with Crippen LogP contribution in [-0.4, -0.2) is 46.9 Å². The summed E-state index contributed by atoms with van der Waals surface area (Å²) in [6.45, 7) is 0.619. The molecule has 7 nitrogen and oxygen atoms in total. The van der Waals surface area contributed by atoms with Gasteiger partial charge in [0.25, 0.3) is 5.91 Å². The lowest BCUT2D eigenvalue weighted by Crippen LogP contribution is -2.40. The number of hydrogen-bond donors (Lipinski definition) is 1. The van der Waals surface area contributed by atoms with E-state index in [9.17, 15) is 13.2 Å². The molecule has 0 saturated carbocycles. The van der Waals surface area contributed by atoms with E-state index in [1.807, 2.05) is 24.3 Å². The van der Waals surface area contributed by atoms with Crippen LogP contribution in [0.4, 0.5) is 5.69 Å². The van der Waals surface area contributed by atoms with E-state index < -0.39 is 10.0 Å². The molecule has 1 aliphatic rings. The Bertz CT molecular complexity index is 913. The van der Waals surface area contributed by atoms with Crippen molar-refractivity contribution in [3.05, 3.63) is 54.1 Å². The van der Waals surface area contributed by atoms with Gasteiger partial charge in [-0.2, -0.15) is 0 Å². The summed E-state index contributed by atoms with van der Waals surface area (Å²) in [5.74, 6) is 1.03. The molecule has 2 aromatic rings. The number of hydrogen-bond acceptors (Lipinski definition) is 5. The van der Waals surface area contributed by atoms with Gasteiger partial charge < -0.3 is 14.8 Å². The third-order valence-electron chi connectivity index (χ3n) is 4.03. The molecule has 1 atom stereocenters. The van der Waals surface area contributed by atoms with Gasteiger partial charge >= 0.3 is 0 Å². The minimum absolute atomic E-state index is 0.277. The highest BCUT2D eigenvalue weighted by atomic mass is 32.2. The van der Waals surface area contributed by atoms with Crippen LogP contribution in [0.5, 0.6) is 11.5 Å². The molecule has 8 heteroatoms. The molecule has 0 spiro atoms. The molecule has 0 unspecified atom stereocenters. The monoisotopic (exact) mass is 376 g/mol. The zero-order valence-corrected chi connectivity index (χ0v) is 15.3. The Balaban J connectivity index is 1.63. The maximum atomic E-state index is 12.4. The molecule has 0 saturated heterocycles. The van der Waals surface area contributed by atoms with Crippen molar-refractivity contribution in [1.29, 1.82) is 0 Å². The number of sulfonamides is 1. The van der Waals surface area contributed by atoms with E-state index in [1.165, 1.54) is 13.1 Å². The van der Waals surface area contributed by atoms with Crippen molar-refractivity contribution in [3.8, 4) is 11.5 Å². The van der Waals surface area contributed by atoms with Crippen LogP contribution in [0.1, 0.15) is 10.4 Å². The number of carbonyl (C=O) groups excluding carboxylic acids is 1. The van der Waals surface area contributed by atoms with Crippen molar-refractivity contribution in [2.24, 2.45) is 0 Å². The van der Waals surface area contributed by atoms with Crippen LogP contribution >= 0.6 is 0 Å². The van der Waals surface area contributed by atoms with Crippen molar-refractivity contribution >= 4 is 21.6 Å². The smallest absolute Gasteiger partial charge is 0.251 e. The van der Waals surface area contributed by atoms with Crippen LogP contribution in [0, 0.1) is 0 Å². The topological polar surface area (TPSA) is 84.9 Å². The van der Waals surface area contributed by atoms with Gasteiger partial charge in [0.05, 0.1) is 18.5 Å². The Kier molecular flexibility index (Phi) is 5.03. The first-order chi connectivity index (χ1) is 12.3. The van der Waals surface area contributed by atoms with Gasteiger partial charge in [-0.1, -0.05) is 18.2 Å². The first kappa shape index (κ1) is 18.1. The molecular weight excluding hydrogens is 356 g/mol. The highest BCUT2D eigenvalue weighted by Gasteiger charge is 2.21. The van der Waals surface area contributed by atoms with Crippen LogP contribution in [0.25, 0.3) is 0 Å². The summed E-state index contributed by atoms with van der Waals surface area (Å²) in [4.78, 5) is 12.4. The van der Waals surface area contributed by atoms with Crippen LogP contribution in [0.2, 0.25) is 0 Å². The van der Waals surface area contributed by atoms with Crippen molar-refractivity contribution in [2.45, 2.75) is 6.10 Å². The minimum Gasteiger partial charge on any atom is -0.486 e. The summed E-state index contributed by atoms with van der Waals surface area (Å²) in [6, 6.07) is 13.8.